The van der Waals surface area contributed by atoms with Crippen molar-refractivity contribution >= 4 is 6.09 Å². The number of carbonyl (C=O) groups is 1. The predicted octanol–water partition coefficient (Wildman–Crippen LogP) is 1.78. The van der Waals surface area contributed by atoms with Crippen LogP contribution in [0, 0.1) is 5.92 Å². The third-order valence-corrected chi connectivity index (χ3v) is 3.74. The molecule has 0 aromatic carbocycles. The van der Waals surface area contributed by atoms with Crippen LogP contribution in [-0.2, 0) is 9.47 Å². The van der Waals surface area contributed by atoms with E-state index in [4.69, 9.17) is 14.6 Å². The van der Waals surface area contributed by atoms with Crippen LogP contribution in [0.25, 0.3) is 0 Å². The molecule has 1 atom stereocenters. The normalized spacial score (nSPS) is 26.1. The lowest BCUT2D eigenvalue weighted by atomic mass is 9.79. The number of hydrogen-bond acceptors (Lipinski definition) is 4. The van der Waals surface area contributed by atoms with Crippen LogP contribution < -0.4 is 0 Å². The molecular weight excluding hydrogens is 246 g/mol. The van der Waals surface area contributed by atoms with Gasteiger partial charge in [-0.3, -0.25) is 0 Å². The molecule has 1 unspecified atom stereocenters. The van der Waals surface area contributed by atoms with E-state index in [9.17, 15) is 4.79 Å². The van der Waals surface area contributed by atoms with Gasteiger partial charge in [0.05, 0.1) is 13.1 Å². The molecule has 0 radical (unpaired) electrons. The predicted molar refractivity (Wildman–Crippen MR) is 70.9 cm³/mol. The van der Waals surface area contributed by atoms with Crippen molar-refractivity contribution in [3.63, 3.8) is 0 Å². The summed E-state index contributed by atoms with van der Waals surface area (Å²) in [5.41, 5.74) is -0.637. The maximum Gasteiger partial charge on any atom is 0.410 e. The Balaban J connectivity index is 1.82. The Morgan fingerprint density at radius 3 is 2.74 bits per heavy atom. The quantitative estimate of drug-likeness (QED) is 0.832. The van der Waals surface area contributed by atoms with Gasteiger partial charge in [0, 0.05) is 13.2 Å². The molecule has 19 heavy (non-hydrogen) atoms. The molecular formula is C14H25NO4. The van der Waals surface area contributed by atoms with Crippen molar-refractivity contribution in [2.45, 2.75) is 51.2 Å². The largest absolute Gasteiger partial charge is 0.444 e. The van der Waals surface area contributed by atoms with Gasteiger partial charge < -0.3 is 19.5 Å². The maximum atomic E-state index is 11.9. The number of carbonyl (C=O) groups excluding carboxylic acids is 1. The molecule has 2 aliphatic rings. The Bertz CT molecular complexity index is 329. The minimum Gasteiger partial charge on any atom is -0.444 e. The zero-order valence-corrected chi connectivity index (χ0v) is 12.1. The smallest absolute Gasteiger partial charge is 0.410 e. The number of hydrogen-bond donors (Lipinski definition) is 1. The second-order valence-corrected chi connectivity index (χ2v) is 6.74. The SMILES string of the molecule is CC(C)(C)OC(=O)N1CC2(CC(CCO)CCO2)C1. The zero-order chi connectivity index (χ0) is 14.1. The van der Waals surface area contributed by atoms with Crippen LogP contribution in [0.2, 0.25) is 0 Å². The number of rotatable bonds is 2. The number of amides is 1. The molecule has 0 aliphatic carbocycles. The third kappa shape index (κ3) is 3.60. The van der Waals surface area contributed by atoms with Crippen LogP contribution in [0.5, 0.6) is 0 Å². The van der Waals surface area contributed by atoms with Gasteiger partial charge in [0.15, 0.2) is 0 Å². The average Bonchev–Trinajstić information content (AvgIpc) is 2.24. The molecule has 2 rings (SSSR count). The van der Waals surface area contributed by atoms with Gasteiger partial charge in [0.2, 0.25) is 0 Å². The lowest BCUT2D eigenvalue weighted by Gasteiger charge is -2.52. The van der Waals surface area contributed by atoms with Gasteiger partial charge in [0.1, 0.15) is 11.2 Å². The van der Waals surface area contributed by atoms with Crippen LogP contribution in [0.1, 0.15) is 40.0 Å². The Morgan fingerprint density at radius 2 is 2.16 bits per heavy atom. The first kappa shape index (κ1) is 14.6. The first-order chi connectivity index (χ1) is 8.84. The Morgan fingerprint density at radius 1 is 1.47 bits per heavy atom. The molecule has 1 amide bonds. The van der Waals surface area contributed by atoms with Crippen LogP contribution in [0.3, 0.4) is 0 Å². The summed E-state index contributed by atoms with van der Waals surface area (Å²) in [5, 5.41) is 9.02. The van der Waals surface area contributed by atoms with E-state index in [-0.39, 0.29) is 18.3 Å². The number of ether oxygens (including phenoxy) is 2. The van der Waals surface area contributed by atoms with Crippen molar-refractivity contribution in [1.29, 1.82) is 0 Å². The Kier molecular flexibility index (Phi) is 4.06. The Labute approximate surface area is 114 Å². The van der Waals surface area contributed by atoms with Gasteiger partial charge in [-0.2, -0.15) is 0 Å². The second kappa shape index (κ2) is 5.29. The van der Waals surface area contributed by atoms with Crippen LogP contribution in [0.4, 0.5) is 4.79 Å². The van der Waals surface area contributed by atoms with E-state index in [1.165, 1.54) is 0 Å². The van der Waals surface area contributed by atoms with Crippen molar-refractivity contribution in [2.75, 3.05) is 26.3 Å². The summed E-state index contributed by atoms with van der Waals surface area (Å²) in [5.74, 6) is 0.513. The molecule has 2 aliphatic heterocycles. The van der Waals surface area contributed by atoms with Crippen LogP contribution in [-0.4, -0.2) is 53.6 Å². The first-order valence-corrected chi connectivity index (χ1v) is 7.06. The molecule has 0 aromatic rings. The van der Waals surface area contributed by atoms with Crippen molar-refractivity contribution < 1.29 is 19.4 Å². The van der Waals surface area contributed by atoms with Gasteiger partial charge in [-0.15, -0.1) is 0 Å². The summed E-state index contributed by atoms with van der Waals surface area (Å²) in [6, 6.07) is 0. The molecule has 0 saturated carbocycles. The average molecular weight is 271 g/mol. The van der Waals surface area contributed by atoms with Crippen LogP contribution in [0.15, 0.2) is 0 Å². The van der Waals surface area contributed by atoms with Crippen molar-refractivity contribution in [2.24, 2.45) is 5.92 Å². The molecule has 5 nitrogen and oxygen atoms in total. The molecule has 5 heteroatoms. The van der Waals surface area contributed by atoms with Crippen molar-refractivity contribution in [3.05, 3.63) is 0 Å². The van der Waals surface area contributed by atoms with Gasteiger partial charge in [-0.05, 0) is 46.0 Å². The van der Waals surface area contributed by atoms with E-state index in [1.807, 2.05) is 20.8 Å². The highest BCUT2D eigenvalue weighted by molar-refractivity contribution is 5.69. The van der Waals surface area contributed by atoms with Crippen LogP contribution >= 0.6 is 0 Å². The minimum atomic E-state index is -0.452. The fourth-order valence-corrected chi connectivity index (χ4v) is 2.88. The highest BCUT2D eigenvalue weighted by Gasteiger charge is 2.50. The first-order valence-electron chi connectivity index (χ1n) is 7.06. The summed E-state index contributed by atoms with van der Waals surface area (Å²) in [6.45, 7) is 7.80. The zero-order valence-electron chi connectivity index (χ0n) is 12.1. The fourth-order valence-electron chi connectivity index (χ4n) is 2.88. The minimum absolute atomic E-state index is 0.186. The highest BCUT2D eigenvalue weighted by Crippen LogP contribution is 2.38. The van der Waals surface area contributed by atoms with Gasteiger partial charge in [-0.25, -0.2) is 4.79 Å². The number of aliphatic hydroxyl groups is 1. The number of nitrogens with zero attached hydrogens (tertiary/aromatic N) is 1. The summed E-state index contributed by atoms with van der Waals surface area (Å²) in [6.07, 6.45) is 2.52. The highest BCUT2D eigenvalue weighted by atomic mass is 16.6. The Hall–Kier alpha value is -0.810. The van der Waals surface area contributed by atoms with E-state index >= 15 is 0 Å². The summed E-state index contributed by atoms with van der Waals surface area (Å²) < 4.78 is 11.2. The third-order valence-electron chi connectivity index (χ3n) is 3.74. The molecule has 110 valence electrons. The van der Waals surface area contributed by atoms with E-state index in [0.717, 1.165) is 25.9 Å². The summed E-state index contributed by atoms with van der Waals surface area (Å²) in [4.78, 5) is 13.6. The monoisotopic (exact) mass is 271 g/mol. The number of aliphatic hydroxyl groups excluding tert-OH is 1. The second-order valence-electron chi connectivity index (χ2n) is 6.74. The molecule has 2 saturated heterocycles. The van der Waals surface area contributed by atoms with E-state index in [1.54, 1.807) is 4.90 Å². The van der Waals surface area contributed by atoms with E-state index in [2.05, 4.69) is 0 Å². The summed E-state index contributed by atoms with van der Waals surface area (Å²) in [7, 11) is 0. The van der Waals surface area contributed by atoms with E-state index in [0.29, 0.717) is 19.0 Å². The maximum absolute atomic E-state index is 11.9. The lowest BCUT2D eigenvalue weighted by molar-refractivity contribution is -0.174. The van der Waals surface area contributed by atoms with Crippen molar-refractivity contribution in [1.82, 2.24) is 4.90 Å². The number of likely N-dealkylation sites (tertiary alicyclic amines) is 1. The summed E-state index contributed by atoms with van der Waals surface area (Å²) >= 11 is 0. The lowest BCUT2D eigenvalue weighted by Crippen LogP contribution is -2.67. The topological polar surface area (TPSA) is 59.0 Å². The fraction of sp³-hybridized carbons (Fsp3) is 0.929. The molecule has 0 aromatic heterocycles. The molecule has 1 N–H and O–H groups in total. The van der Waals surface area contributed by atoms with Gasteiger partial charge in [0.25, 0.3) is 0 Å². The van der Waals surface area contributed by atoms with Crippen molar-refractivity contribution in [3.8, 4) is 0 Å². The van der Waals surface area contributed by atoms with Gasteiger partial charge in [-0.1, -0.05) is 0 Å². The molecule has 1 spiro atoms. The molecule has 2 heterocycles. The van der Waals surface area contributed by atoms with Gasteiger partial charge >= 0.3 is 6.09 Å². The molecule has 0 bridgehead atoms. The standard InChI is InChI=1S/C14H25NO4/c1-13(2,3)19-12(17)15-9-14(10-15)8-11(4-6-16)5-7-18-14/h11,16H,4-10H2,1-3H3. The van der Waals surface area contributed by atoms with E-state index < -0.39 is 5.60 Å². The molecule has 2 fully saturated rings.